The van der Waals surface area contributed by atoms with Gasteiger partial charge in [0, 0.05) is 11.7 Å². The van der Waals surface area contributed by atoms with Crippen LogP contribution in [-0.4, -0.2) is 29.6 Å². The van der Waals surface area contributed by atoms with E-state index < -0.39 is 18.2 Å². The highest BCUT2D eigenvalue weighted by Gasteiger charge is 2.42. The molecule has 3 aromatic carbocycles. The van der Waals surface area contributed by atoms with Gasteiger partial charge >= 0.3 is 5.97 Å². The summed E-state index contributed by atoms with van der Waals surface area (Å²) in [5, 5.41) is 11.4. The van der Waals surface area contributed by atoms with Gasteiger partial charge in [-0.3, -0.25) is 4.79 Å². The van der Waals surface area contributed by atoms with E-state index in [4.69, 9.17) is 4.74 Å². The SMILES string of the molecule is CC1Cc2ccccc2N1C(=O)COC(=O)C(O)(c1ccccc1)c1ccccc1. The minimum Gasteiger partial charge on any atom is -0.453 e. The molecule has 0 saturated carbocycles. The van der Waals surface area contributed by atoms with E-state index in [1.165, 1.54) is 0 Å². The maximum absolute atomic E-state index is 13.1. The van der Waals surface area contributed by atoms with E-state index in [0.717, 1.165) is 17.7 Å². The minimum atomic E-state index is -2.00. The van der Waals surface area contributed by atoms with Crippen molar-refractivity contribution in [2.24, 2.45) is 0 Å². The second kappa shape index (κ2) is 8.13. The molecule has 0 aliphatic carbocycles. The summed E-state index contributed by atoms with van der Waals surface area (Å²) in [7, 11) is 0. The van der Waals surface area contributed by atoms with Crippen LogP contribution in [0.2, 0.25) is 0 Å². The lowest BCUT2D eigenvalue weighted by molar-refractivity contribution is -0.164. The van der Waals surface area contributed by atoms with Crippen molar-refractivity contribution in [1.82, 2.24) is 0 Å². The van der Waals surface area contributed by atoms with E-state index in [9.17, 15) is 14.7 Å². The van der Waals surface area contributed by atoms with Crippen LogP contribution in [0.1, 0.15) is 23.6 Å². The van der Waals surface area contributed by atoms with E-state index in [1.54, 1.807) is 65.6 Å². The number of nitrogens with zero attached hydrogens (tertiary/aromatic N) is 1. The summed E-state index contributed by atoms with van der Waals surface area (Å²) in [4.78, 5) is 27.6. The second-order valence-electron chi connectivity index (χ2n) is 7.46. The highest BCUT2D eigenvalue weighted by Crippen LogP contribution is 2.33. The predicted molar refractivity (Wildman–Crippen MR) is 114 cm³/mol. The first-order chi connectivity index (χ1) is 14.5. The normalized spacial score (nSPS) is 15.5. The van der Waals surface area contributed by atoms with Crippen molar-refractivity contribution in [3.8, 4) is 0 Å². The smallest absolute Gasteiger partial charge is 0.348 e. The molecule has 1 aliphatic heterocycles. The molecule has 0 spiro atoms. The van der Waals surface area contributed by atoms with Gasteiger partial charge in [0.1, 0.15) is 0 Å². The van der Waals surface area contributed by atoms with Gasteiger partial charge in [-0.15, -0.1) is 0 Å². The summed E-state index contributed by atoms with van der Waals surface area (Å²) in [6.45, 7) is 1.52. The van der Waals surface area contributed by atoms with Crippen LogP contribution in [0.3, 0.4) is 0 Å². The number of aliphatic hydroxyl groups is 1. The standard InChI is InChI=1S/C25H23NO4/c1-18-16-19-10-8-9-15-22(19)26(18)23(27)17-30-24(28)25(29,20-11-4-2-5-12-20)21-13-6-3-7-14-21/h2-15,18,29H,16-17H2,1H3. The molecule has 5 heteroatoms. The summed E-state index contributed by atoms with van der Waals surface area (Å²) in [5.41, 5.74) is 0.696. The third-order valence-corrected chi connectivity index (χ3v) is 5.48. The van der Waals surface area contributed by atoms with Crippen molar-refractivity contribution in [3.05, 3.63) is 102 Å². The Morgan fingerprint density at radius 1 is 0.933 bits per heavy atom. The molecule has 5 nitrogen and oxygen atoms in total. The quantitative estimate of drug-likeness (QED) is 0.665. The molecule has 0 aromatic heterocycles. The van der Waals surface area contributed by atoms with E-state index >= 15 is 0 Å². The van der Waals surface area contributed by atoms with Gasteiger partial charge in [-0.25, -0.2) is 4.79 Å². The first kappa shape index (κ1) is 19.9. The Bertz CT molecular complexity index is 1010. The highest BCUT2D eigenvalue weighted by atomic mass is 16.6. The van der Waals surface area contributed by atoms with Gasteiger partial charge in [-0.1, -0.05) is 78.9 Å². The summed E-state index contributed by atoms with van der Waals surface area (Å²) < 4.78 is 5.37. The van der Waals surface area contributed by atoms with Crippen LogP contribution in [0.25, 0.3) is 0 Å². The number of para-hydroxylation sites is 1. The molecule has 1 atom stereocenters. The van der Waals surface area contributed by atoms with Crippen LogP contribution in [0, 0.1) is 0 Å². The molecule has 1 unspecified atom stereocenters. The van der Waals surface area contributed by atoms with E-state index in [2.05, 4.69) is 0 Å². The maximum Gasteiger partial charge on any atom is 0.348 e. The van der Waals surface area contributed by atoms with Crippen LogP contribution in [0.4, 0.5) is 5.69 Å². The molecule has 3 aromatic rings. The number of amides is 1. The number of esters is 1. The third-order valence-electron chi connectivity index (χ3n) is 5.48. The fourth-order valence-electron chi connectivity index (χ4n) is 4.01. The Labute approximate surface area is 175 Å². The molecule has 4 rings (SSSR count). The molecule has 0 saturated heterocycles. The van der Waals surface area contributed by atoms with Gasteiger partial charge < -0.3 is 14.7 Å². The molecular weight excluding hydrogens is 378 g/mol. The first-order valence-corrected chi connectivity index (χ1v) is 9.92. The number of hydrogen-bond acceptors (Lipinski definition) is 4. The number of rotatable bonds is 5. The Morgan fingerprint density at radius 2 is 1.47 bits per heavy atom. The Balaban J connectivity index is 1.56. The summed E-state index contributed by atoms with van der Waals surface area (Å²) in [6, 6.07) is 24.9. The number of carbonyl (C=O) groups is 2. The molecule has 1 amide bonds. The summed E-state index contributed by atoms with van der Waals surface area (Å²) >= 11 is 0. The van der Waals surface area contributed by atoms with Crippen molar-refractivity contribution in [3.63, 3.8) is 0 Å². The number of hydrogen-bond donors (Lipinski definition) is 1. The van der Waals surface area contributed by atoms with Crippen molar-refractivity contribution >= 4 is 17.6 Å². The van der Waals surface area contributed by atoms with Gasteiger partial charge in [0.25, 0.3) is 5.91 Å². The zero-order chi connectivity index (χ0) is 21.1. The molecule has 0 bridgehead atoms. The lowest BCUT2D eigenvalue weighted by atomic mass is 9.86. The van der Waals surface area contributed by atoms with Crippen LogP contribution >= 0.6 is 0 Å². The van der Waals surface area contributed by atoms with Crippen molar-refractivity contribution in [1.29, 1.82) is 0 Å². The lowest BCUT2D eigenvalue weighted by Gasteiger charge is -2.28. The predicted octanol–water partition coefficient (Wildman–Crippen LogP) is 3.44. The summed E-state index contributed by atoms with van der Waals surface area (Å²) in [6.07, 6.45) is 0.758. The molecule has 0 fully saturated rings. The lowest BCUT2D eigenvalue weighted by Crippen LogP contribution is -2.43. The number of fused-ring (bicyclic) bond motifs is 1. The zero-order valence-electron chi connectivity index (χ0n) is 16.7. The third kappa shape index (κ3) is 3.48. The number of carbonyl (C=O) groups excluding carboxylic acids is 2. The van der Waals surface area contributed by atoms with Gasteiger partial charge in [0.05, 0.1) is 0 Å². The van der Waals surface area contributed by atoms with Gasteiger partial charge in [-0.2, -0.15) is 0 Å². The topological polar surface area (TPSA) is 66.8 Å². The Morgan fingerprint density at radius 3 is 2.07 bits per heavy atom. The van der Waals surface area contributed by atoms with Crippen molar-refractivity contribution in [2.45, 2.75) is 25.0 Å². The van der Waals surface area contributed by atoms with Crippen molar-refractivity contribution < 1.29 is 19.4 Å². The monoisotopic (exact) mass is 401 g/mol. The average molecular weight is 401 g/mol. The Kier molecular flexibility index (Phi) is 5.38. The molecular formula is C25H23NO4. The zero-order valence-corrected chi connectivity index (χ0v) is 16.7. The summed E-state index contributed by atoms with van der Waals surface area (Å²) in [5.74, 6) is -1.20. The van der Waals surface area contributed by atoms with Crippen LogP contribution < -0.4 is 4.90 Å². The fraction of sp³-hybridized carbons (Fsp3) is 0.200. The number of ether oxygens (including phenoxy) is 1. The maximum atomic E-state index is 13.1. The highest BCUT2D eigenvalue weighted by molar-refractivity contribution is 5.98. The Hall–Kier alpha value is -3.44. The van der Waals surface area contributed by atoms with Gasteiger partial charge in [0.15, 0.2) is 6.61 Å². The van der Waals surface area contributed by atoms with E-state index in [1.807, 2.05) is 31.2 Å². The van der Waals surface area contributed by atoms with Crippen LogP contribution in [-0.2, 0) is 26.3 Å². The van der Waals surface area contributed by atoms with Crippen molar-refractivity contribution in [2.75, 3.05) is 11.5 Å². The fourth-order valence-corrected chi connectivity index (χ4v) is 4.01. The second-order valence-corrected chi connectivity index (χ2v) is 7.46. The molecule has 30 heavy (non-hydrogen) atoms. The minimum absolute atomic E-state index is 0.0178. The van der Waals surface area contributed by atoms with E-state index in [-0.39, 0.29) is 11.9 Å². The van der Waals surface area contributed by atoms with Crippen LogP contribution in [0.5, 0.6) is 0 Å². The number of anilines is 1. The molecule has 152 valence electrons. The molecule has 1 heterocycles. The largest absolute Gasteiger partial charge is 0.453 e. The molecule has 1 N–H and O–H groups in total. The molecule has 0 radical (unpaired) electrons. The van der Waals surface area contributed by atoms with Gasteiger partial charge in [0.2, 0.25) is 5.60 Å². The van der Waals surface area contributed by atoms with Crippen LogP contribution in [0.15, 0.2) is 84.9 Å². The number of benzene rings is 3. The van der Waals surface area contributed by atoms with Gasteiger partial charge in [-0.05, 0) is 36.1 Å². The first-order valence-electron chi connectivity index (χ1n) is 9.92. The average Bonchev–Trinajstić information content (AvgIpc) is 3.13. The molecule has 1 aliphatic rings. The van der Waals surface area contributed by atoms with E-state index in [0.29, 0.717) is 11.1 Å².